The van der Waals surface area contributed by atoms with Crippen molar-refractivity contribution in [2.75, 3.05) is 5.32 Å². The highest BCUT2D eigenvalue weighted by Gasteiger charge is 2.12. The Kier molecular flexibility index (Phi) is 3.61. The van der Waals surface area contributed by atoms with Gasteiger partial charge in [-0.3, -0.25) is 9.59 Å². The first-order valence-corrected chi connectivity index (χ1v) is 6.59. The van der Waals surface area contributed by atoms with Crippen molar-refractivity contribution in [2.24, 2.45) is 0 Å². The lowest BCUT2D eigenvalue weighted by molar-refractivity contribution is -0.142. The zero-order chi connectivity index (χ0) is 15.5. The number of para-hydroxylation sites is 1. The van der Waals surface area contributed by atoms with Crippen molar-refractivity contribution in [3.05, 3.63) is 36.1 Å². The van der Waals surface area contributed by atoms with Crippen LogP contribution in [0.2, 0.25) is 0 Å². The van der Waals surface area contributed by atoms with Crippen LogP contribution in [-0.2, 0) is 20.9 Å². The number of amides is 1. The summed E-state index contributed by atoms with van der Waals surface area (Å²) >= 11 is 0. The van der Waals surface area contributed by atoms with E-state index in [-0.39, 0.29) is 12.6 Å². The summed E-state index contributed by atoms with van der Waals surface area (Å²) in [5.74, 6) is 1.21. The fourth-order valence-electron chi connectivity index (χ4n) is 2.08. The number of nitrogens with zero attached hydrogens (tertiary/aromatic N) is 1. The molecule has 3 aromatic rings. The van der Waals surface area contributed by atoms with E-state index in [4.69, 9.17) is 9.15 Å². The van der Waals surface area contributed by atoms with Crippen molar-refractivity contribution in [2.45, 2.75) is 13.5 Å². The van der Waals surface area contributed by atoms with E-state index in [9.17, 15) is 9.59 Å². The fraction of sp³-hybridized carbons (Fsp3) is 0.133. The summed E-state index contributed by atoms with van der Waals surface area (Å²) in [6, 6.07) is 8.88. The number of hydrogen-bond donors (Lipinski definition) is 2. The maximum Gasteiger partial charge on any atom is 0.303 e. The Morgan fingerprint density at radius 2 is 2.27 bits per heavy atom. The Balaban J connectivity index is 1.91. The molecule has 2 aromatic heterocycles. The topological polar surface area (TPSA) is 97.2 Å². The predicted octanol–water partition coefficient (Wildman–Crippen LogP) is 2.45. The molecule has 7 nitrogen and oxygen atoms in total. The van der Waals surface area contributed by atoms with Crippen molar-refractivity contribution in [3.8, 4) is 11.6 Å². The molecule has 1 amide bonds. The first-order valence-electron chi connectivity index (χ1n) is 6.59. The first-order chi connectivity index (χ1) is 10.7. The fourth-order valence-corrected chi connectivity index (χ4v) is 2.08. The van der Waals surface area contributed by atoms with Crippen LogP contribution in [0.4, 0.5) is 5.69 Å². The number of ether oxygens (including phenoxy) is 1. The number of carbonyl (C=O) groups excluding carboxylic acids is 2. The molecule has 7 heteroatoms. The summed E-state index contributed by atoms with van der Waals surface area (Å²) in [4.78, 5) is 29.0. The average Bonchev–Trinajstić information content (AvgIpc) is 3.12. The van der Waals surface area contributed by atoms with E-state index < -0.39 is 0 Å². The molecule has 0 aliphatic carbocycles. The third-order valence-electron chi connectivity index (χ3n) is 3.04. The Morgan fingerprint density at radius 1 is 1.41 bits per heavy atom. The van der Waals surface area contributed by atoms with E-state index in [1.807, 2.05) is 12.1 Å². The predicted molar refractivity (Wildman–Crippen MR) is 79.0 cm³/mol. The molecule has 1 aromatic carbocycles. The first kappa shape index (κ1) is 13.9. The lowest BCUT2D eigenvalue weighted by Crippen LogP contribution is -1.97. The summed E-state index contributed by atoms with van der Waals surface area (Å²) in [7, 11) is 0. The smallest absolute Gasteiger partial charge is 0.303 e. The quantitative estimate of drug-likeness (QED) is 0.557. The summed E-state index contributed by atoms with van der Waals surface area (Å²) in [6.07, 6.45) is 0.604. The second kappa shape index (κ2) is 5.72. The van der Waals surface area contributed by atoms with E-state index in [1.54, 1.807) is 18.2 Å². The minimum Gasteiger partial charge on any atom is -0.458 e. The van der Waals surface area contributed by atoms with E-state index in [2.05, 4.69) is 15.3 Å². The lowest BCUT2D eigenvalue weighted by atomic mass is 10.3. The van der Waals surface area contributed by atoms with Gasteiger partial charge in [-0.15, -0.1) is 0 Å². The second-order valence-electron chi connectivity index (χ2n) is 4.60. The summed E-state index contributed by atoms with van der Waals surface area (Å²) in [5, 5.41) is 2.60. The minimum atomic E-state index is -0.369. The molecular formula is C15H13N3O4. The molecule has 0 aliphatic heterocycles. The monoisotopic (exact) mass is 299 g/mol. The highest BCUT2D eigenvalue weighted by molar-refractivity contribution is 5.94. The van der Waals surface area contributed by atoms with Crippen LogP contribution in [0.3, 0.4) is 0 Å². The van der Waals surface area contributed by atoms with Crippen LogP contribution in [0.15, 0.2) is 34.7 Å². The van der Waals surface area contributed by atoms with Crippen molar-refractivity contribution < 1.29 is 18.7 Å². The Labute approximate surface area is 125 Å². The van der Waals surface area contributed by atoms with E-state index in [1.165, 1.54) is 6.92 Å². The van der Waals surface area contributed by atoms with E-state index in [0.717, 1.165) is 5.52 Å². The maximum absolute atomic E-state index is 10.8. The van der Waals surface area contributed by atoms with E-state index in [0.29, 0.717) is 35.0 Å². The van der Waals surface area contributed by atoms with Gasteiger partial charge in [0.2, 0.25) is 6.41 Å². The molecule has 112 valence electrons. The van der Waals surface area contributed by atoms with Crippen LogP contribution >= 0.6 is 0 Å². The largest absolute Gasteiger partial charge is 0.458 e. The van der Waals surface area contributed by atoms with Gasteiger partial charge in [-0.05, 0) is 24.3 Å². The highest BCUT2D eigenvalue weighted by atomic mass is 16.5. The van der Waals surface area contributed by atoms with Crippen LogP contribution in [0.25, 0.3) is 22.6 Å². The van der Waals surface area contributed by atoms with Crippen molar-refractivity contribution in [3.63, 3.8) is 0 Å². The number of imidazole rings is 1. The summed E-state index contributed by atoms with van der Waals surface area (Å²) < 4.78 is 10.5. The third-order valence-corrected chi connectivity index (χ3v) is 3.04. The van der Waals surface area contributed by atoms with Gasteiger partial charge in [0.25, 0.3) is 0 Å². The molecule has 0 spiro atoms. The molecule has 3 rings (SSSR count). The average molecular weight is 299 g/mol. The summed E-state index contributed by atoms with van der Waals surface area (Å²) in [5.41, 5.74) is 2.03. The standard InChI is InChI=1S/C15H13N3O4/c1-9(20)21-7-10-5-6-13(22-10)15-17-12-4-2-3-11(16-8-19)14(12)18-15/h2-6,8H,7H2,1H3,(H,16,19)(H,17,18). The number of aromatic nitrogens is 2. The number of rotatable bonds is 5. The van der Waals surface area contributed by atoms with Crippen LogP contribution in [0.5, 0.6) is 0 Å². The number of H-pyrrole nitrogens is 1. The Hall–Kier alpha value is -3.09. The lowest BCUT2D eigenvalue weighted by Gasteiger charge is -1.97. The van der Waals surface area contributed by atoms with Gasteiger partial charge >= 0.3 is 5.97 Å². The molecule has 0 atom stereocenters. The zero-order valence-electron chi connectivity index (χ0n) is 11.8. The third kappa shape index (κ3) is 2.69. The van der Waals surface area contributed by atoms with Crippen LogP contribution in [0, 0.1) is 0 Å². The van der Waals surface area contributed by atoms with Gasteiger partial charge in [-0.1, -0.05) is 6.07 Å². The second-order valence-corrected chi connectivity index (χ2v) is 4.60. The van der Waals surface area contributed by atoms with Crippen molar-refractivity contribution in [1.82, 2.24) is 9.97 Å². The number of furan rings is 1. The molecule has 22 heavy (non-hydrogen) atoms. The molecule has 0 saturated heterocycles. The van der Waals surface area contributed by atoms with Crippen LogP contribution < -0.4 is 5.32 Å². The van der Waals surface area contributed by atoms with Gasteiger partial charge in [0.05, 0.1) is 11.2 Å². The molecule has 0 fully saturated rings. The molecule has 0 radical (unpaired) electrons. The summed E-state index contributed by atoms with van der Waals surface area (Å²) in [6.45, 7) is 1.41. The molecular weight excluding hydrogens is 286 g/mol. The van der Waals surface area contributed by atoms with Gasteiger partial charge in [-0.25, -0.2) is 4.98 Å². The highest BCUT2D eigenvalue weighted by Crippen LogP contribution is 2.26. The number of aromatic amines is 1. The maximum atomic E-state index is 10.8. The SMILES string of the molecule is CC(=O)OCc1ccc(-c2nc3c(NC=O)cccc3[nH]2)o1. The zero-order valence-corrected chi connectivity index (χ0v) is 11.8. The number of nitrogens with one attached hydrogen (secondary N) is 2. The number of anilines is 1. The number of carbonyl (C=O) groups is 2. The number of esters is 1. The van der Waals surface area contributed by atoms with Gasteiger partial charge in [0.15, 0.2) is 11.6 Å². The molecule has 2 N–H and O–H groups in total. The van der Waals surface area contributed by atoms with Gasteiger partial charge in [-0.2, -0.15) is 0 Å². The molecule has 0 unspecified atom stereocenters. The molecule has 0 bridgehead atoms. The number of hydrogen-bond acceptors (Lipinski definition) is 5. The molecule has 2 heterocycles. The Morgan fingerprint density at radius 3 is 3.05 bits per heavy atom. The van der Waals surface area contributed by atoms with Crippen LogP contribution in [0.1, 0.15) is 12.7 Å². The molecule has 0 saturated carbocycles. The van der Waals surface area contributed by atoms with Crippen LogP contribution in [-0.4, -0.2) is 22.3 Å². The normalized spacial score (nSPS) is 10.6. The van der Waals surface area contributed by atoms with Crippen molar-refractivity contribution >= 4 is 29.1 Å². The van der Waals surface area contributed by atoms with Gasteiger partial charge in [0, 0.05) is 6.92 Å². The minimum absolute atomic E-state index is 0.0769. The Bertz CT molecular complexity index is 834. The molecule has 0 aliphatic rings. The van der Waals surface area contributed by atoms with Gasteiger partial charge in [0.1, 0.15) is 17.9 Å². The number of benzene rings is 1. The van der Waals surface area contributed by atoms with E-state index >= 15 is 0 Å². The number of fused-ring (bicyclic) bond motifs is 1. The van der Waals surface area contributed by atoms with Crippen molar-refractivity contribution in [1.29, 1.82) is 0 Å². The van der Waals surface area contributed by atoms with Gasteiger partial charge < -0.3 is 19.5 Å².